The van der Waals surface area contributed by atoms with Crippen LogP contribution in [-0.2, 0) is 7.05 Å². The zero-order valence-electron chi connectivity index (χ0n) is 15.0. The van der Waals surface area contributed by atoms with Crippen LogP contribution in [0.5, 0.6) is 0 Å². The molecule has 122 valence electrons. The molecule has 0 saturated heterocycles. The first-order valence-corrected chi connectivity index (χ1v) is 9.14. The number of nitrogens with zero attached hydrogens (tertiary/aromatic N) is 1. The van der Waals surface area contributed by atoms with E-state index in [0.717, 1.165) is 5.92 Å². The van der Waals surface area contributed by atoms with Gasteiger partial charge < -0.3 is 0 Å². The van der Waals surface area contributed by atoms with Gasteiger partial charge >= 0.3 is 0 Å². The predicted octanol–water partition coefficient (Wildman–Crippen LogP) is 5.61. The summed E-state index contributed by atoms with van der Waals surface area (Å²) in [6.45, 7) is 4.40. The number of para-hydroxylation sites is 1. The summed E-state index contributed by atoms with van der Waals surface area (Å²) in [6, 6.07) is 18.2. The predicted molar refractivity (Wildman–Crippen MR) is 101 cm³/mol. The molecule has 0 bridgehead atoms. The van der Waals surface area contributed by atoms with Gasteiger partial charge in [-0.05, 0) is 55.9 Å². The summed E-state index contributed by atoms with van der Waals surface area (Å²) in [5.74, 6) is 0.722. The van der Waals surface area contributed by atoms with Crippen molar-refractivity contribution in [1.29, 1.82) is 0 Å². The monoisotopic (exact) mass is 316 g/mol. The highest BCUT2D eigenvalue weighted by Gasteiger charge is 2.25. The fraction of sp³-hybridized carbons (Fsp3) is 0.348. The van der Waals surface area contributed by atoms with Crippen LogP contribution in [-0.4, -0.2) is 0 Å². The summed E-state index contributed by atoms with van der Waals surface area (Å²) in [6.07, 6.45) is 5.42. The van der Waals surface area contributed by atoms with Crippen LogP contribution in [0.1, 0.15) is 48.3 Å². The van der Waals surface area contributed by atoms with Crippen molar-refractivity contribution in [3.8, 4) is 11.3 Å². The van der Waals surface area contributed by atoms with Crippen molar-refractivity contribution < 1.29 is 4.57 Å². The average molecular weight is 316 g/mol. The van der Waals surface area contributed by atoms with Gasteiger partial charge in [0.2, 0.25) is 11.2 Å². The van der Waals surface area contributed by atoms with Crippen LogP contribution >= 0.6 is 0 Å². The van der Waals surface area contributed by atoms with E-state index in [2.05, 4.69) is 74.0 Å². The first-order chi connectivity index (χ1) is 11.6. The second-order valence-corrected chi connectivity index (χ2v) is 7.36. The molecule has 1 fully saturated rings. The van der Waals surface area contributed by atoms with Gasteiger partial charge in [0.1, 0.15) is 7.05 Å². The van der Waals surface area contributed by atoms with Gasteiger partial charge in [-0.25, -0.2) is 0 Å². The molecule has 3 aromatic rings. The Morgan fingerprint density at radius 3 is 2.46 bits per heavy atom. The molecule has 0 spiro atoms. The summed E-state index contributed by atoms with van der Waals surface area (Å²) in [7, 11) is 2.21. The lowest BCUT2D eigenvalue weighted by molar-refractivity contribution is -0.633. The Hall–Kier alpha value is -2.15. The molecule has 0 N–H and O–H groups in total. The third-order valence-electron chi connectivity index (χ3n) is 5.69. The van der Waals surface area contributed by atoms with Crippen LogP contribution in [0, 0.1) is 13.8 Å². The van der Waals surface area contributed by atoms with E-state index in [1.165, 1.54) is 59.0 Å². The van der Waals surface area contributed by atoms with Gasteiger partial charge in [0.25, 0.3) is 0 Å². The Morgan fingerprint density at radius 1 is 0.917 bits per heavy atom. The Kier molecular flexibility index (Phi) is 3.88. The highest BCUT2D eigenvalue weighted by atomic mass is 14.9. The topological polar surface area (TPSA) is 3.88 Å². The minimum atomic E-state index is 0.722. The highest BCUT2D eigenvalue weighted by molar-refractivity contribution is 5.82. The lowest BCUT2D eigenvalue weighted by Gasteiger charge is -2.15. The Balaban J connectivity index is 2.02. The van der Waals surface area contributed by atoms with Crippen LogP contribution in [0.3, 0.4) is 0 Å². The van der Waals surface area contributed by atoms with Crippen LogP contribution in [0.4, 0.5) is 0 Å². The van der Waals surface area contributed by atoms with Gasteiger partial charge in [-0.15, -0.1) is 0 Å². The Bertz CT molecular complexity index is 901. The van der Waals surface area contributed by atoms with E-state index in [-0.39, 0.29) is 0 Å². The number of rotatable bonds is 2. The molecule has 2 aromatic carbocycles. The van der Waals surface area contributed by atoms with Gasteiger partial charge in [-0.1, -0.05) is 42.7 Å². The molecule has 4 rings (SSSR count). The number of pyridine rings is 1. The maximum atomic E-state index is 2.47. The molecule has 0 radical (unpaired) electrons. The van der Waals surface area contributed by atoms with Crippen LogP contribution in [0.15, 0.2) is 48.5 Å². The molecule has 1 aliphatic carbocycles. The van der Waals surface area contributed by atoms with E-state index in [1.54, 1.807) is 5.56 Å². The van der Waals surface area contributed by atoms with Crippen molar-refractivity contribution in [2.24, 2.45) is 7.05 Å². The molecule has 1 aromatic heterocycles. The summed E-state index contributed by atoms with van der Waals surface area (Å²) in [5.41, 5.74) is 8.28. The maximum absolute atomic E-state index is 2.47. The van der Waals surface area contributed by atoms with E-state index in [4.69, 9.17) is 0 Å². The summed E-state index contributed by atoms with van der Waals surface area (Å²) in [5, 5.41) is 1.43. The molecule has 0 unspecified atom stereocenters. The van der Waals surface area contributed by atoms with E-state index in [0.29, 0.717) is 0 Å². The lowest BCUT2D eigenvalue weighted by Crippen LogP contribution is -2.33. The summed E-state index contributed by atoms with van der Waals surface area (Å²) in [4.78, 5) is 0. The number of hydrogen-bond donors (Lipinski definition) is 0. The van der Waals surface area contributed by atoms with Crippen molar-refractivity contribution in [2.75, 3.05) is 0 Å². The highest BCUT2D eigenvalue weighted by Crippen LogP contribution is 2.38. The third kappa shape index (κ3) is 2.53. The van der Waals surface area contributed by atoms with Crippen molar-refractivity contribution in [2.45, 2.75) is 45.4 Å². The second-order valence-electron chi connectivity index (χ2n) is 7.36. The third-order valence-corrected chi connectivity index (χ3v) is 5.69. The molecular weight excluding hydrogens is 290 g/mol. The molecule has 1 aliphatic rings. The Morgan fingerprint density at radius 2 is 1.67 bits per heavy atom. The standard InChI is InChI=1S/C23H26N/c1-16-12-13-17(2)20(14-16)23-15-21(18-8-4-5-9-18)19-10-6-7-11-22(19)24(23)3/h6-7,10-15,18H,4-5,8-9H2,1-3H3/q+1. The Labute approximate surface area is 145 Å². The molecule has 1 heteroatoms. The molecular formula is C23H26N+. The fourth-order valence-corrected chi connectivity index (χ4v) is 4.31. The minimum absolute atomic E-state index is 0.722. The first-order valence-electron chi connectivity index (χ1n) is 9.14. The molecule has 1 nitrogen and oxygen atoms in total. The van der Waals surface area contributed by atoms with E-state index >= 15 is 0 Å². The number of aromatic nitrogens is 1. The van der Waals surface area contributed by atoms with Crippen molar-refractivity contribution in [1.82, 2.24) is 0 Å². The molecule has 0 amide bonds. The molecule has 1 heterocycles. The largest absolute Gasteiger partial charge is 0.213 e. The number of benzene rings is 2. The van der Waals surface area contributed by atoms with Gasteiger partial charge in [0.05, 0.1) is 0 Å². The van der Waals surface area contributed by atoms with Crippen LogP contribution < -0.4 is 4.57 Å². The smallest absolute Gasteiger partial charge is 0.194 e. The van der Waals surface area contributed by atoms with Crippen molar-refractivity contribution in [3.63, 3.8) is 0 Å². The lowest BCUT2D eigenvalue weighted by atomic mass is 9.91. The van der Waals surface area contributed by atoms with E-state index < -0.39 is 0 Å². The number of fused-ring (bicyclic) bond motifs is 1. The zero-order chi connectivity index (χ0) is 16.7. The van der Waals surface area contributed by atoms with Gasteiger partial charge in [0.15, 0.2) is 0 Å². The number of aryl methyl sites for hydroxylation is 3. The maximum Gasteiger partial charge on any atom is 0.213 e. The van der Waals surface area contributed by atoms with E-state index in [1.807, 2.05) is 0 Å². The van der Waals surface area contributed by atoms with Crippen molar-refractivity contribution in [3.05, 3.63) is 65.2 Å². The van der Waals surface area contributed by atoms with E-state index in [9.17, 15) is 0 Å². The summed E-state index contributed by atoms with van der Waals surface area (Å²) >= 11 is 0. The van der Waals surface area contributed by atoms with Gasteiger partial charge in [0, 0.05) is 23.1 Å². The molecule has 1 saturated carbocycles. The summed E-state index contributed by atoms with van der Waals surface area (Å²) < 4.78 is 2.37. The fourth-order valence-electron chi connectivity index (χ4n) is 4.31. The SMILES string of the molecule is Cc1ccc(C)c(-c2cc(C3CCCC3)c3ccccc3[n+]2C)c1. The normalized spacial score (nSPS) is 15.3. The molecule has 24 heavy (non-hydrogen) atoms. The second kappa shape index (κ2) is 6.05. The van der Waals surface area contributed by atoms with Crippen molar-refractivity contribution >= 4 is 10.9 Å². The van der Waals surface area contributed by atoms with Crippen LogP contribution in [0.2, 0.25) is 0 Å². The van der Waals surface area contributed by atoms with Crippen LogP contribution in [0.25, 0.3) is 22.2 Å². The molecule has 0 atom stereocenters. The average Bonchev–Trinajstić information content (AvgIpc) is 3.12. The molecule has 0 aliphatic heterocycles. The number of hydrogen-bond acceptors (Lipinski definition) is 0. The first kappa shape index (κ1) is 15.4. The van der Waals surface area contributed by atoms with Gasteiger partial charge in [-0.2, -0.15) is 4.57 Å². The minimum Gasteiger partial charge on any atom is -0.194 e. The zero-order valence-corrected chi connectivity index (χ0v) is 15.0. The quantitative estimate of drug-likeness (QED) is 0.541. The van der Waals surface area contributed by atoms with Gasteiger partial charge in [-0.3, -0.25) is 0 Å².